The number of benzene rings is 3. The Kier molecular flexibility index (Phi) is 9.52. The summed E-state index contributed by atoms with van der Waals surface area (Å²) in [4.78, 5) is 30.4. The molecule has 2 saturated heterocycles. The van der Waals surface area contributed by atoms with E-state index >= 15 is 0 Å². The predicted molar refractivity (Wildman–Crippen MR) is 169 cm³/mol. The lowest BCUT2D eigenvalue weighted by molar-refractivity contribution is -0.140. The van der Waals surface area contributed by atoms with Crippen molar-refractivity contribution >= 4 is 23.8 Å². The van der Waals surface area contributed by atoms with E-state index in [0.29, 0.717) is 6.42 Å². The van der Waals surface area contributed by atoms with E-state index in [1.807, 2.05) is 59.1 Å². The molecular weight excluding hydrogens is 560 g/mol. The van der Waals surface area contributed by atoms with Crippen LogP contribution < -0.4 is 9.47 Å². The Morgan fingerprint density at radius 2 is 1.49 bits per heavy atom. The molecule has 2 heterocycles. The molecular formula is C35H38N2O5S. The van der Waals surface area contributed by atoms with E-state index in [1.54, 1.807) is 14.2 Å². The van der Waals surface area contributed by atoms with E-state index in [4.69, 9.17) is 20.6 Å². The zero-order valence-electron chi connectivity index (χ0n) is 24.9. The second kappa shape index (κ2) is 13.5. The predicted octanol–water partition coefficient (Wildman–Crippen LogP) is 5.95. The van der Waals surface area contributed by atoms with Crippen LogP contribution in [0.25, 0.3) is 0 Å². The van der Waals surface area contributed by atoms with Gasteiger partial charge in [0.25, 0.3) is 0 Å². The third kappa shape index (κ3) is 5.66. The molecule has 0 N–H and O–H groups in total. The molecule has 0 saturated carbocycles. The minimum Gasteiger partial charge on any atom is -0.497 e. The molecule has 8 heteroatoms. The Bertz CT molecular complexity index is 1390. The average molecular weight is 599 g/mol. The van der Waals surface area contributed by atoms with Gasteiger partial charge in [-0.15, -0.1) is 6.42 Å². The number of amides is 2. The number of urea groups is 1. The van der Waals surface area contributed by atoms with Crippen LogP contribution in [0.5, 0.6) is 11.5 Å². The first-order valence-corrected chi connectivity index (χ1v) is 15.6. The molecule has 2 amide bonds. The maximum absolute atomic E-state index is 14.8. The second-order valence-corrected chi connectivity index (χ2v) is 12.0. The van der Waals surface area contributed by atoms with Crippen molar-refractivity contribution in [2.75, 3.05) is 33.6 Å². The molecule has 2 aliphatic rings. The molecule has 2 aliphatic heterocycles. The van der Waals surface area contributed by atoms with E-state index in [-0.39, 0.29) is 35.9 Å². The van der Waals surface area contributed by atoms with Crippen LogP contribution >= 0.6 is 11.8 Å². The van der Waals surface area contributed by atoms with Gasteiger partial charge in [-0.05, 0) is 53.8 Å². The molecule has 3 aromatic rings. The Hall–Kier alpha value is -4.09. The van der Waals surface area contributed by atoms with Crippen molar-refractivity contribution in [1.29, 1.82) is 0 Å². The highest BCUT2D eigenvalue weighted by Crippen LogP contribution is 2.52. The van der Waals surface area contributed by atoms with Crippen LogP contribution in [0.2, 0.25) is 0 Å². The minimum absolute atomic E-state index is 0.0636. The molecule has 7 nitrogen and oxygen atoms in total. The topological polar surface area (TPSA) is 68.3 Å². The van der Waals surface area contributed by atoms with Crippen LogP contribution in [-0.2, 0) is 15.1 Å². The molecule has 224 valence electrons. The van der Waals surface area contributed by atoms with Crippen molar-refractivity contribution in [3.8, 4) is 23.8 Å². The number of methoxy groups -OCH3 is 3. The zero-order chi connectivity index (χ0) is 30.4. The Morgan fingerprint density at radius 1 is 0.907 bits per heavy atom. The molecule has 0 radical (unpaired) electrons. The van der Waals surface area contributed by atoms with E-state index in [0.717, 1.165) is 53.2 Å². The lowest BCUT2D eigenvalue weighted by Crippen LogP contribution is -2.54. The number of esters is 1. The summed E-state index contributed by atoms with van der Waals surface area (Å²) in [5.41, 5.74) is 1.92. The van der Waals surface area contributed by atoms with Gasteiger partial charge in [0.05, 0.1) is 40.0 Å². The van der Waals surface area contributed by atoms with Gasteiger partial charge in [0.2, 0.25) is 0 Å². The van der Waals surface area contributed by atoms with E-state index in [9.17, 15) is 9.59 Å². The number of carbonyl (C=O) groups is 2. The fourth-order valence-corrected chi connectivity index (χ4v) is 8.26. The van der Waals surface area contributed by atoms with Crippen LogP contribution in [0.4, 0.5) is 4.79 Å². The number of rotatable bonds is 12. The summed E-state index contributed by atoms with van der Waals surface area (Å²) in [6.07, 6.45) is 8.77. The van der Waals surface area contributed by atoms with Gasteiger partial charge in [-0.25, -0.2) is 4.79 Å². The molecule has 0 bridgehead atoms. The summed E-state index contributed by atoms with van der Waals surface area (Å²) >= 11 is 1.89. The molecule has 3 aromatic carbocycles. The number of nitrogens with zero attached hydrogens (tertiary/aromatic N) is 2. The van der Waals surface area contributed by atoms with Gasteiger partial charge < -0.3 is 24.0 Å². The highest BCUT2D eigenvalue weighted by atomic mass is 32.2. The zero-order valence-corrected chi connectivity index (χ0v) is 25.7. The fraction of sp³-hybridized carbons (Fsp3) is 0.371. The summed E-state index contributed by atoms with van der Waals surface area (Å²) in [7, 11) is 4.72. The number of terminal acetylenes is 1. The van der Waals surface area contributed by atoms with E-state index < -0.39 is 5.54 Å². The molecule has 0 aromatic heterocycles. The summed E-state index contributed by atoms with van der Waals surface area (Å²) in [5.74, 6) is 4.82. The number of unbranched alkanes of at least 4 members (excludes halogenated alkanes) is 1. The SMILES string of the molecule is C#CCN1C(=O)N(C(c2ccccc2)(c2ccc(OC)cc2)c2ccc(OC)cc2)C2CSC(CCCCC(=O)OC)C21. The summed E-state index contributed by atoms with van der Waals surface area (Å²) in [6.45, 7) is 0.228. The number of ether oxygens (including phenoxy) is 3. The Morgan fingerprint density at radius 3 is 2.02 bits per heavy atom. The van der Waals surface area contributed by atoms with Crippen LogP contribution in [-0.4, -0.2) is 72.8 Å². The molecule has 0 aliphatic carbocycles. The number of hydrogen-bond donors (Lipinski definition) is 0. The molecule has 5 rings (SSSR count). The number of thioether (sulfide) groups is 1. The van der Waals surface area contributed by atoms with Crippen molar-refractivity contribution in [3.63, 3.8) is 0 Å². The Labute approximate surface area is 258 Å². The van der Waals surface area contributed by atoms with Crippen LogP contribution in [0, 0.1) is 12.3 Å². The lowest BCUT2D eigenvalue weighted by Gasteiger charge is -2.45. The van der Waals surface area contributed by atoms with Gasteiger partial charge in [0, 0.05) is 17.4 Å². The maximum atomic E-state index is 14.8. The Balaban J connectivity index is 1.65. The first-order valence-electron chi connectivity index (χ1n) is 14.6. The first kappa shape index (κ1) is 30.4. The van der Waals surface area contributed by atoms with E-state index in [1.165, 1.54) is 7.11 Å². The lowest BCUT2D eigenvalue weighted by atomic mass is 9.74. The number of carbonyl (C=O) groups excluding carboxylic acids is 2. The van der Waals surface area contributed by atoms with Crippen molar-refractivity contribution in [3.05, 3.63) is 95.6 Å². The van der Waals surface area contributed by atoms with Gasteiger partial charge in [-0.3, -0.25) is 4.79 Å². The summed E-state index contributed by atoms with van der Waals surface area (Å²) < 4.78 is 15.8. The minimum atomic E-state index is -0.955. The van der Waals surface area contributed by atoms with Gasteiger partial charge >= 0.3 is 12.0 Å². The highest BCUT2D eigenvalue weighted by molar-refractivity contribution is 8.00. The molecule has 43 heavy (non-hydrogen) atoms. The average Bonchev–Trinajstić information content (AvgIpc) is 3.58. The van der Waals surface area contributed by atoms with E-state index in [2.05, 4.69) is 47.2 Å². The highest BCUT2D eigenvalue weighted by Gasteiger charge is 2.60. The molecule has 3 atom stereocenters. The van der Waals surface area contributed by atoms with Gasteiger partial charge in [-0.2, -0.15) is 11.8 Å². The molecule has 2 fully saturated rings. The van der Waals surface area contributed by atoms with Crippen molar-refractivity contribution in [2.24, 2.45) is 0 Å². The number of fused-ring (bicyclic) bond motifs is 1. The normalized spacial score (nSPS) is 19.6. The number of hydrogen-bond acceptors (Lipinski definition) is 6. The quantitative estimate of drug-likeness (QED) is 0.0844. The molecule has 3 unspecified atom stereocenters. The van der Waals surface area contributed by atoms with Gasteiger partial charge in [0.15, 0.2) is 0 Å². The summed E-state index contributed by atoms with van der Waals surface area (Å²) in [5, 5.41) is 0.199. The van der Waals surface area contributed by atoms with Crippen molar-refractivity contribution in [1.82, 2.24) is 9.80 Å². The third-order valence-corrected chi connectivity index (χ3v) is 10.1. The second-order valence-electron chi connectivity index (χ2n) is 10.8. The molecule has 0 spiro atoms. The first-order chi connectivity index (χ1) is 21.0. The smallest absolute Gasteiger partial charge is 0.322 e. The fourth-order valence-electron chi connectivity index (χ4n) is 6.61. The van der Waals surface area contributed by atoms with Gasteiger partial charge in [0.1, 0.15) is 17.0 Å². The standard InChI is InChI=1S/C35H38N2O5S/c1-5-23-36-33-30(24-43-31(33)13-9-10-14-32(38)42-4)37(34(36)39)35(25-11-7-6-8-12-25,26-15-19-28(40-2)20-16-26)27-17-21-29(41-3)22-18-27/h1,6-8,11-12,15-22,30-31,33H,9-10,13-14,23-24H2,2-4H3. The maximum Gasteiger partial charge on any atom is 0.322 e. The van der Waals surface area contributed by atoms with Crippen molar-refractivity contribution in [2.45, 2.75) is 48.6 Å². The van der Waals surface area contributed by atoms with Gasteiger partial charge in [-0.1, -0.05) is 66.9 Å². The van der Waals surface area contributed by atoms with Crippen molar-refractivity contribution < 1.29 is 23.8 Å². The van der Waals surface area contributed by atoms with Crippen LogP contribution in [0.1, 0.15) is 42.4 Å². The van der Waals surface area contributed by atoms with Crippen LogP contribution in [0.3, 0.4) is 0 Å². The monoisotopic (exact) mass is 598 g/mol. The third-order valence-electron chi connectivity index (χ3n) is 8.58. The largest absolute Gasteiger partial charge is 0.497 e. The summed E-state index contributed by atoms with van der Waals surface area (Å²) in [6, 6.07) is 25.9. The van der Waals surface area contributed by atoms with Crippen LogP contribution in [0.15, 0.2) is 78.9 Å².